The summed E-state index contributed by atoms with van der Waals surface area (Å²) in [5.41, 5.74) is 3.48. The van der Waals surface area contributed by atoms with Crippen LogP contribution in [0.5, 0.6) is 0 Å². The molecule has 50 heavy (non-hydrogen) atoms. The number of carboxylic acids is 3. The lowest BCUT2D eigenvalue weighted by atomic mass is 10.1. The summed E-state index contributed by atoms with van der Waals surface area (Å²) in [5.74, 6) is -8.52. The molecule has 23 heteroatoms. The second-order valence-electron chi connectivity index (χ2n) is 9.43. The molecule has 4 aromatic rings. The molecule has 5 rings (SSSR count). The van der Waals surface area contributed by atoms with Crippen molar-refractivity contribution in [2.45, 2.75) is 18.5 Å². The van der Waals surface area contributed by atoms with Crippen molar-refractivity contribution in [3.8, 4) is 11.1 Å². The van der Waals surface area contributed by atoms with Gasteiger partial charge in [0.2, 0.25) is 0 Å². The number of aromatic nitrogens is 4. The molecular formula is C27H21F11N6O6. The number of nitrogens with zero attached hydrogens (tertiary/aromatic N) is 5. The van der Waals surface area contributed by atoms with Gasteiger partial charge in [-0.15, -0.1) is 0 Å². The Morgan fingerprint density at radius 2 is 1.12 bits per heavy atom. The van der Waals surface area contributed by atoms with E-state index in [4.69, 9.17) is 29.7 Å². The van der Waals surface area contributed by atoms with Crippen LogP contribution in [0.25, 0.3) is 22.0 Å². The van der Waals surface area contributed by atoms with Crippen LogP contribution in [-0.4, -0.2) is 98.1 Å². The van der Waals surface area contributed by atoms with Crippen molar-refractivity contribution in [1.82, 2.24) is 20.2 Å². The predicted molar refractivity (Wildman–Crippen MR) is 149 cm³/mol. The Bertz CT molecular complexity index is 1680. The summed E-state index contributed by atoms with van der Waals surface area (Å²) >= 11 is 0. The molecular weight excluding hydrogens is 713 g/mol. The molecule has 4 N–H and O–H groups in total. The first-order chi connectivity index (χ1) is 23.0. The highest BCUT2D eigenvalue weighted by Crippen LogP contribution is 2.30. The lowest BCUT2D eigenvalue weighted by Crippen LogP contribution is -2.47. The second kappa shape index (κ2) is 16.6. The summed E-state index contributed by atoms with van der Waals surface area (Å²) in [4.78, 5) is 39.8. The second-order valence-corrected chi connectivity index (χ2v) is 9.43. The number of benzene rings is 2. The van der Waals surface area contributed by atoms with Crippen LogP contribution in [0.2, 0.25) is 0 Å². The van der Waals surface area contributed by atoms with Crippen LogP contribution in [0, 0.1) is 11.6 Å². The number of H-pyrrole nitrogens is 1. The van der Waals surface area contributed by atoms with E-state index >= 15 is 0 Å². The van der Waals surface area contributed by atoms with Crippen molar-refractivity contribution in [2.24, 2.45) is 0 Å². The fourth-order valence-corrected chi connectivity index (χ4v) is 3.78. The maximum absolute atomic E-state index is 13.6. The number of carboxylic acid groups (broad SMARTS) is 3. The van der Waals surface area contributed by atoms with E-state index < -0.39 is 48.1 Å². The summed E-state index contributed by atoms with van der Waals surface area (Å²) in [5, 5.41) is 29.2. The first-order valence-electron chi connectivity index (χ1n) is 13.1. The van der Waals surface area contributed by atoms with Gasteiger partial charge in [0, 0.05) is 55.1 Å². The van der Waals surface area contributed by atoms with Crippen LogP contribution in [0.4, 0.5) is 59.8 Å². The van der Waals surface area contributed by atoms with Gasteiger partial charge >= 0.3 is 36.4 Å². The first-order valence-corrected chi connectivity index (χ1v) is 13.1. The monoisotopic (exact) mass is 734 g/mol. The fraction of sp³-hybridized carbons (Fsp3) is 0.259. The minimum Gasteiger partial charge on any atom is -0.475 e. The van der Waals surface area contributed by atoms with Crippen molar-refractivity contribution in [1.29, 1.82) is 0 Å². The van der Waals surface area contributed by atoms with Crippen molar-refractivity contribution < 1.29 is 78.0 Å². The summed E-state index contributed by atoms with van der Waals surface area (Å²) in [6.07, 6.45) is -10.0. The fourth-order valence-electron chi connectivity index (χ4n) is 3.78. The molecule has 0 unspecified atom stereocenters. The Balaban J connectivity index is 0.000000338. The van der Waals surface area contributed by atoms with Crippen molar-refractivity contribution in [3.05, 3.63) is 66.8 Å². The highest BCUT2D eigenvalue weighted by molar-refractivity contribution is 5.93. The molecule has 1 aliphatic heterocycles. The molecule has 0 spiro atoms. The van der Waals surface area contributed by atoms with E-state index in [1.54, 1.807) is 12.5 Å². The molecule has 0 radical (unpaired) electrons. The zero-order valence-electron chi connectivity index (χ0n) is 24.5. The summed E-state index contributed by atoms with van der Waals surface area (Å²) in [7, 11) is 0. The lowest BCUT2D eigenvalue weighted by Gasteiger charge is -2.37. The number of anilines is 2. The zero-order chi connectivity index (χ0) is 38.0. The molecule has 0 atom stereocenters. The Morgan fingerprint density at radius 1 is 0.660 bits per heavy atom. The minimum absolute atomic E-state index is 0.559. The molecule has 0 amide bonds. The quantitative estimate of drug-likeness (QED) is 0.195. The normalized spacial score (nSPS) is 13.2. The standard InChI is InChI=1S/C21H18F2N6.3C2HF3O2/c22-16-8-17(23)10-18(9-16)28-3-5-29(6-4-28)21-19-7-14(15-11-26-27-12-15)1-2-20(19)24-13-25-21;3*3-2(4,5)1(6)7/h1-2,7-13H,3-6H2,(H,26,27);3*(H,6,7). The number of hydrogen-bond acceptors (Lipinski definition) is 8. The molecule has 3 heterocycles. The molecule has 272 valence electrons. The Labute approximate surface area is 271 Å². The average molecular weight is 734 g/mol. The maximum Gasteiger partial charge on any atom is 0.490 e. The SMILES string of the molecule is Fc1cc(F)cc(N2CCN(c3ncnc4ccc(-c5cn[nH]c5)cc34)CC2)c1.O=C(O)C(F)(F)F.O=C(O)C(F)(F)F.O=C(O)C(F)(F)F. The van der Waals surface area contributed by atoms with E-state index in [0.29, 0.717) is 31.9 Å². The third-order valence-electron chi connectivity index (χ3n) is 5.97. The Kier molecular flexibility index (Phi) is 13.4. The van der Waals surface area contributed by atoms with Crippen LogP contribution in [0.1, 0.15) is 0 Å². The number of nitrogens with one attached hydrogen (secondary N) is 1. The molecule has 12 nitrogen and oxygen atoms in total. The van der Waals surface area contributed by atoms with E-state index in [1.165, 1.54) is 12.1 Å². The summed E-state index contributed by atoms with van der Waals surface area (Å²) in [6.45, 7) is 2.69. The number of halogens is 11. The number of aliphatic carboxylic acids is 3. The van der Waals surface area contributed by atoms with E-state index in [1.807, 2.05) is 23.2 Å². The van der Waals surface area contributed by atoms with Gasteiger partial charge in [-0.05, 0) is 29.8 Å². The van der Waals surface area contributed by atoms with Gasteiger partial charge in [0.25, 0.3) is 0 Å². The van der Waals surface area contributed by atoms with Gasteiger partial charge in [0.15, 0.2) is 0 Å². The smallest absolute Gasteiger partial charge is 0.475 e. The van der Waals surface area contributed by atoms with Gasteiger partial charge in [0.1, 0.15) is 23.8 Å². The number of rotatable bonds is 3. The topological polar surface area (TPSA) is 173 Å². The molecule has 2 aromatic carbocycles. The van der Waals surface area contributed by atoms with Crippen LogP contribution in [-0.2, 0) is 14.4 Å². The summed E-state index contributed by atoms with van der Waals surface area (Å²) < 4.78 is 122. The van der Waals surface area contributed by atoms with Gasteiger partial charge in [-0.25, -0.2) is 33.1 Å². The number of fused-ring (bicyclic) bond motifs is 1. The Morgan fingerprint density at radius 3 is 1.54 bits per heavy atom. The van der Waals surface area contributed by atoms with Crippen molar-refractivity contribution in [3.63, 3.8) is 0 Å². The van der Waals surface area contributed by atoms with E-state index in [2.05, 4.69) is 31.1 Å². The highest BCUT2D eigenvalue weighted by Gasteiger charge is 2.39. The zero-order valence-corrected chi connectivity index (χ0v) is 24.5. The molecule has 2 aromatic heterocycles. The minimum atomic E-state index is -5.08. The number of piperazine rings is 1. The average Bonchev–Trinajstić information content (AvgIpc) is 3.55. The van der Waals surface area contributed by atoms with Crippen LogP contribution in [0.15, 0.2) is 55.1 Å². The third kappa shape index (κ3) is 12.4. The van der Waals surface area contributed by atoms with Gasteiger partial charge in [0.05, 0.1) is 11.7 Å². The number of aromatic amines is 1. The van der Waals surface area contributed by atoms with Gasteiger partial charge in [-0.3, -0.25) is 5.10 Å². The first kappa shape index (κ1) is 40.4. The van der Waals surface area contributed by atoms with Crippen LogP contribution < -0.4 is 9.80 Å². The van der Waals surface area contributed by atoms with Crippen molar-refractivity contribution in [2.75, 3.05) is 36.0 Å². The molecule has 0 bridgehead atoms. The van der Waals surface area contributed by atoms with Crippen LogP contribution >= 0.6 is 0 Å². The largest absolute Gasteiger partial charge is 0.490 e. The molecule has 1 saturated heterocycles. The number of hydrogen-bond donors (Lipinski definition) is 4. The van der Waals surface area contributed by atoms with E-state index in [-0.39, 0.29) is 0 Å². The van der Waals surface area contributed by atoms with E-state index in [9.17, 15) is 48.3 Å². The van der Waals surface area contributed by atoms with Crippen LogP contribution in [0.3, 0.4) is 0 Å². The Hall–Kier alpha value is -5.77. The van der Waals surface area contributed by atoms with E-state index in [0.717, 1.165) is 33.9 Å². The predicted octanol–water partition coefficient (Wildman–Crippen LogP) is 5.52. The van der Waals surface area contributed by atoms with Gasteiger partial charge in [-0.2, -0.15) is 44.6 Å². The number of alkyl halides is 9. The third-order valence-corrected chi connectivity index (χ3v) is 5.97. The lowest BCUT2D eigenvalue weighted by molar-refractivity contribution is -0.193. The molecule has 0 aliphatic carbocycles. The van der Waals surface area contributed by atoms with Gasteiger partial charge in [-0.1, -0.05) is 6.07 Å². The molecule has 1 fully saturated rings. The molecule has 1 aliphatic rings. The van der Waals surface area contributed by atoms with Gasteiger partial charge < -0.3 is 25.1 Å². The molecule has 0 saturated carbocycles. The number of carbonyl (C=O) groups is 3. The maximum atomic E-state index is 13.6. The highest BCUT2D eigenvalue weighted by atomic mass is 19.4. The summed E-state index contributed by atoms with van der Waals surface area (Å²) in [6, 6.07) is 9.70. The van der Waals surface area contributed by atoms with Crippen molar-refractivity contribution >= 4 is 40.3 Å².